The largest absolute Gasteiger partial charge is 0.354 e. The van der Waals surface area contributed by atoms with Crippen molar-refractivity contribution in [2.24, 2.45) is 0 Å². The van der Waals surface area contributed by atoms with Gasteiger partial charge in [-0.15, -0.1) is 0 Å². The van der Waals surface area contributed by atoms with E-state index in [-0.39, 0.29) is 11.8 Å². The number of benzene rings is 1. The van der Waals surface area contributed by atoms with Gasteiger partial charge < -0.3 is 10.6 Å². The fourth-order valence-corrected chi connectivity index (χ4v) is 2.22. The van der Waals surface area contributed by atoms with Crippen molar-refractivity contribution >= 4 is 27.7 Å². The molecule has 0 aliphatic rings. The van der Waals surface area contributed by atoms with E-state index >= 15 is 0 Å². The lowest BCUT2D eigenvalue weighted by molar-refractivity contribution is -0.122. The number of carbonyl (C=O) groups excluding carboxylic acids is 2. The zero-order valence-corrected chi connectivity index (χ0v) is 13.0. The number of nitrogens with one attached hydrogen (secondary N) is 2. The lowest BCUT2D eigenvalue weighted by atomic mass is 10.1. The maximum Gasteiger partial charge on any atom is 0.253 e. The number of aryl methyl sites for hydroxylation is 1. The lowest BCUT2D eigenvalue weighted by Gasteiger charge is -2.14. The summed E-state index contributed by atoms with van der Waals surface area (Å²) in [5, 5.41) is 5.43. The van der Waals surface area contributed by atoms with Gasteiger partial charge in [0.2, 0.25) is 5.91 Å². The molecule has 0 spiro atoms. The number of amides is 2. The number of halogens is 1. The Labute approximate surface area is 122 Å². The highest BCUT2D eigenvalue weighted by atomic mass is 79.9. The molecule has 4 nitrogen and oxygen atoms in total. The van der Waals surface area contributed by atoms with Gasteiger partial charge >= 0.3 is 0 Å². The Balaban J connectivity index is 2.66. The molecule has 0 radical (unpaired) electrons. The maximum absolute atomic E-state index is 12.0. The molecule has 0 aliphatic carbocycles. The van der Waals surface area contributed by atoms with Crippen LogP contribution < -0.4 is 10.6 Å². The monoisotopic (exact) mass is 326 g/mol. The van der Waals surface area contributed by atoms with E-state index in [1.54, 1.807) is 13.0 Å². The summed E-state index contributed by atoms with van der Waals surface area (Å²) >= 11 is 3.36. The van der Waals surface area contributed by atoms with Crippen molar-refractivity contribution < 1.29 is 9.59 Å². The molecule has 0 aliphatic heterocycles. The summed E-state index contributed by atoms with van der Waals surface area (Å²) in [5.74, 6) is -0.426. The van der Waals surface area contributed by atoms with Gasteiger partial charge in [0.25, 0.3) is 5.91 Å². The third-order valence-electron chi connectivity index (χ3n) is 2.66. The van der Waals surface area contributed by atoms with Gasteiger partial charge in [-0.05, 0) is 53.9 Å². The molecule has 1 aromatic carbocycles. The van der Waals surface area contributed by atoms with E-state index in [1.165, 1.54) is 0 Å². The molecule has 1 aromatic rings. The third kappa shape index (κ3) is 4.67. The molecule has 0 aromatic heterocycles. The van der Waals surface area contributed by atoms with Gasteiger partial charge in [-0.1, -0.05) is 13.0 Å². The number of carbonyl (C=O) groups is 2. The second-order valence-electron chi connectivity index (χ2n) is 4.47. The van der Waals surface area contributed by atoms with Crippen LogP contribution in [-0.2, 0) is 4.79 Å². The van der Waals surface area contributed by atoms with Crippen LogP contribution in [0.2, 0.25) is 0 Å². The maximum atomic E-state index is 12.0. The molecule has 0 fully saturated rings. The molecule has 1 unspecified atom stereocenters. The fourth-order valence-electron chi connectivity index (χ4n) is 1.55. The van der Waals surface area contributed by atoms with Crippen molar-refractivity contribution in [3.8, 4) is 0 Å². The van der Waals surface area contributed by atoms with Crippen LogP contribution in [0.25, 0.3) is 0 Å². The van der Waals surface area contributed by atoms with Crippen molar-refractivity contribution in [1.29, 1.82) is 0 Å². The highest BCUT2D eigenvalue weighted by Gasteiger charge is 2.17. The van der Waals surface area contributed by atoms with Crippen LogP contribution in [0.3, 0.4) is 0 Å². The van der Waals surface area contributed by atoms with Crippen LogP contribution in [0.15, 0.2) is 22.7 Å². The van der Waals surface area contributed by atoms with Gasteiger partial charge in [0.15, 0.2) is 0 Å². The molecule has 1 rings (SSSR count). The van der Waals surface area contributed by atoms with E-state index in [9.17, 15) is 9.59 Å². The Morgan fingerprint density at radius 3 is 2.63 bits per heavy atom. The molecule has 2 amide bonds. The lowest BCUT2D eigenvalue weighted by Crippen LogP contribution is -2.45. The van der Waals surface area contributed by atoms with Gasteiger partial charge in [0.1, 0.15) is 6.04 Å². The van der Waals surface area contributed by atoms with Gasteiger partial charge in [-0.3, -0.25) is 9.59 Å². The van der Waals surface area contributed by atoms with E-state index in [0.717, 1.165) is 16.5 Å². The van der Waals surface area contributed by atoms with Crippen molar-refractivity contribution in [3.05, 3.63) is 33.8 Å². The van der Waals surface area contributed by atoms with E-state index in [4.69, 9.17) is 0 Å². The molecule has 5 heteroatoms. The van der Waals surface area contributed by atoms with Crippen molar-refractivity contribution in [1.82, 2.24) is 10.6 Å². The number of rotatable bonds is 5. The standard InChI is InChI=1S/C14H19BrN2O2/c1-4-7-16-13(18)10(3)17-14(19)11-6-5-9(2)8-12(11)15/h5-6,8,10H,4,7H2,1-3H3,(H,16,18)(H,17,19). The molecule has 0 heterocycles. The van der Waals surface area contributed by atoms with Crippen molar-refractivity contribution in [3.63, 3.8) is 0 Å². The van der Waals surface area contributed by atoms with Crippen molar-refractivity contribution in [2.75, 3.05) is 6.54 Å². The Morgan fingerprint density at radius 2 is 2.05 bits per heavy atom. The summed E-state index contributed by atoms with van der Waals surface area (Å²) in [6, 6.07) is 4.93. The van der Waals surface area contributed by atoms with Gasteiger partial charge in [-0.2, -0.15) is 0 Å². The van der Waals surface area contributed by atoms with Crippen LogP contribution in [-0.4, -0.2) is 24.4 Å². The molecular formula is C14H19BrN2O2. The van der Waals surface area contributed by atoms with Gasteiger partial charge in [0.05, 0.1) is 5.56 Å². The fraction of sp³-hybridized carbons (Fsp3) is 0.429. The van der Waals surface area contributed by atoms with Gasteiger partial charge in [-0.25, -0.2) is 0 Å². The SMILES string of the molecule is CCCNC(=O)C(C)NC(=O)c1ccc(C)cc1Br. The summed E-state index contributed by atoms with van der Waals surface area (Å²) in [7, 11) is 0. The van der Waals surface area contributed by atoms with Crippen LogP contribution in [0.1, 0.15) is 36.2 Å². The van der Waals surface area contributed by atoms with Gasteiger partial charge in [0, 0.05) is 11.0 Å². The predicted octanol–water partition coefficient (Wildman–Crippen LogP) is 2.40. The molecule has 104 valence electrons. The average Bonchev–Trinajstić information content (AvgIpc) is 2.35. The predicted molar refractivity (Wildman–Crippen MR) is 79.1 cm³/mol. The number of hydrogen-bond donors (Lipinski definition) is 2. The van der Waals surface area contributed by atoms with Crippen molar-refractivity contribution in [2.45, 2.75) is 33.2 Å². The summed E-state index contributed by atoms with van der Waals surface area (Å²) in [6.07, 6.45) is 0.871. The van der Waals surface area contributed by atoms with Crippen LogP contribution >= 0.6 is 15.9 Å². The average molecular weight is 327 g/mol. The first kappa shape index (κ1) is 15.7. The molecule has 2 N–H and O–H groups in total. The van der Waals surface area contributed by atoms with Crippen LogP contribution in [0, 0.1) is 6.92 Å². The quantitative estimate of drug-likeness (QED) is 0.872. The highest BCUT2D eigenvalue weighted by molar-refractivity contribution is 9.10. The summed E-state index contributed by atoms with van der Waals surface area (Å²) in [4.78, 5) is 23.7. The minimum atomic E-state index is -0.549. The Morgan fingerprint density at radius 1 is 1.37 bits per heavy atom. The van der Waals surface area contributed by atoms with E-state index in [1.807, 2.05) is 26.0 Å². The third-order valence-corrected chi connectivity index (χ3v) is 3.32. The zero-order chi connectivity index (χ0) is 14.4. The molecule has 1 atom stereocenters. The summed E-state index contributed by atoms with van der Waals surface area (Å²) in [6.45, 7) is 6.22. The molecule has 0 bridgehead atoms. The van der Waals surface area contributed by atoms with E-state index < -0.39 is 6.04 Å². The van der Waals surface area contributed by atoms with Crippen LogP contribution in [0.5, 0.6) is 0 Å². The minimum absolute atomic E-state index is 0.168. The Bertz CT molecular complexity index is 475. The molecule has 0 saturated heterocycles. The molecular weight excluding hydrogens is 308 g/mol. The molecule has 0 saturated carbocycles. The van der Waals surface area contributed by atoms with E-state index in [0.29, 0.717) is 12.1 Å². The Kier molecular flexibility index (Phi) is 6.02. The first-order valence-electron chi connectivity index (χ1n) is 6.30. The van der Waals surface area contributed by atoms with E-state index in [2.05, 4.69) is 26.6 Å². The smallest absolute Gasteiger partial charge is 0.253 e. The Hall–Kier alpha value is -1.36. The zero-order valence-electron chi connectivity index (χ0n) is 11.4. The second-order valence-corrected chi connectivity index (χ2v) is 5.32. The minimum Gasteiger partial charge on any atom is -0.354 e. The normalized spacial score (nSPS) is 11.8. The first-order chi connectivity index (χ1) is 8.95. The highest BCUT2D eigenvalue weighted by Crippen LogP contribution is 2.18. The number of hydrogen-bond acceptors (Lipinski definition) is 2. The summed E-state index contributed by atoms with van der Waals surface area (Å²) in [5.41, 5.74) is 1.60. The van der Waals surface area contributed by atoms with Crippen LogP contribution in [0.4, 0.5) is 0 Å². The summed E-state index contributed by atoms with van der Waals surface area (Å²) < 4.78 is 0.728. The molecule has 19 heavy (non-hydrogen) atoms. The second kappa shape index (κ2) is 7.28. The topological polar surface area (TPSA) is 58.2 Å². The first-order valence-corrected chi connectivity index (χ1v) is 7.09.